The predicted molar refractivity (Wildman–Crippen MR) is 53.0 cm³/mol. The number of hydrogen-bond donors (Lipinski definition) is 3. The van der Waals surface area contributed by atoms with Crippen molar-refractivity contribution in [2.75, 3.05) is 5.73 Å². The lowest BCUT2D eigenvalue weighted by atomic mass is 10.3. The highest BCUT2D eigenvalue weighted by atomic mass is 32.2. The molecule has 0 bridgehead atoms. The Morgan fingerprint density at radius 2 is 1.65 bits per heavy atom. The Bertz CT molecular complexity index is 715. The van der Waals surface area contributed by atoms with Gasteiger partial charge in [-0.1, -0.05) is 0 Å². The second-order valence-electron chi connectivity index (χ2n) is 2.78. The van der Waals surface area contributed by atoms with E-state index in [0.29, 0.717) is 6.20 Å². The summed E-state index contributed by atoms with van der Waals surface area (Å²) in [5, 5.41) is 8.58. The monoisotopic (exact) mass is 279 g/mol. The summed E-state index contributed by atoms with van der Waals surface area (Å²) in [6, 6.07) is 1.31. The summed E-state index contributed by atoms with van der Waals surface area (Å²) in [6.07, 6.45) is 0.660. The Labute approximate surface area is 96.0 Å². The lowest BCUT2D eigenvalue weighted by molar-refractivity contribution is 0.466. The van der Waals surface area contributed by atoms with E-state index < -0.39 is 41.4 Å². The van der Waals surface area contributed by atoms with Crippen LogP contribution < -0.4 is 5.73 Å². The van der Waals surface area contributed by atoms with Crippen molar-refractivity contribution in [3.05, 3.63) is 11.8 Å². The molecule has 0 aromatic carbocycles. The molecule has 0 aliphatic carbocycles. The third-order valence-electron chi connectivity index (χ3n) is 1.65. The first-order chi connectivity index (χ1) is 7.59. The van der Waals surface area contributed by atoms with Gasteiger partial charge in [-0.15, -0.1) is 0 Å². The largest absolute Gasteiger partial charge is 0.382 e. The predicted octanol–water partition coefficient (Wildman–Crippen LogP) is -0.971. The van der Waals surface area contributed by atoms with E-state index in [9.17, 15) is 16.8 Å². The number of hydrogen-bond acceptors (Lipinski definition) is 7. The molecule has 17 heavy (non-hydrogen) atoms. The molecule has 0 saturated heterocycles. The summed E-state index contributed by atoms with van der Waals surface area (Å²) in [7, 11) is -10.1. The van der Waals surface area contributed by atoms with Gasteiger partial charge in [0, 0.05) is 6.20 Å². The Morgan fingerprint density at radius 3 is 2.00 bits per heavy atom. The van der Waals surface area contributed by atoms with Gasteiger partial charge in [0.25, 0.3) is 20.2 Å². The standard InChI is InChI=1S/C6H5N3O6S2/c7-1-3-2-9-6(8)5(17(13,14)15)4(3)16(10,11)12/h2H,(H2,8,9)(H,10,11,12)(H,13,14,15). The van der Waals surface area contributed by atoms with Gasteiger partial charge in [0.15, 0.2) is 4.90 Å². The highest BCUT2D eigenvalue weighted by molar-refractivity contribution is 7.89. The molecule has 92 valence electrons. The lowest BCUT2D eigenvalue weighted by Crippen LogP contribution is -2.14. The number of nitrogen functional groups attached to an aromatic ring is 1. The van der Waals surface area contributed by atoms with E-state index in [0.717, 1.165) is 0 Å². The molecule has 1 aromatic rings. The van der Waals surface area contributed by atoms with Crippen LogP contribution in [-0.4, -0.2) is 30.9 Å². The first kappa shape index (κ1) is 13.3. The molecule has 0 aliphatic heterocycles. The molecule has 0 amide bonds. The van der Waals surface area contributed by atoms with E-state index in [1.54, 1.807) is 0 Å². The highest BCUT2D eigenvalue weighted by Gasteiger charge is 2.31. The normalized spacial score (nSPS) is 12.1. The van der Waals surface area contributed by atoms with Crippen LogP contribution in [0.3, 0.4) is 0 Å². The molecular weight excluding hydrogens is 274 g/mol. The maximum Gasteiger partial charge on any atom is 0.299 e. The van der Waals surface area contributed by atoms with Gasteiger partial charge in [0.2, 0.25) is 0 Å². The Kier molecular flexibility index (Phi) is 3.08. The van der Waals surface area contributed by atoms with Crippen molar-refractivity contribution in [2.45, 2.75) is 9.79 Å². The van der Waals surface area contributed by atoms with E-state index in [1.807, 2.05) is 0 Å². The van der Waals surface area contributed by atoms with Crippen LogP contribution in [0.2, 0.25) is 0 Å². The molecular formula is C6H5N3O6S2. The first-order valence-electron chi connectivity index (χ1n) is 3.72. The van der Waals surface area contributed by atoms with Crippen LogP contribution in [0.15, 0.2) is 16.0 Å². The third kappa shape index (κ3) is 2.50. The fourth-order valence-corrected chi connectivity index (χ4v) is 3.08. The zero-order valence-corrected chi connectivity index (χ0v) is 9.53. The third-order valence-corrected chi connectivity index (χ3v) is 3.65. The van der Waals surface area contributed by atoms with E-state index in [4.69, 9.17) is 20.1 Å². The number of anilines is 1. The average molecular weight is 279 g/mol. The first-order valence-corrected chi connectivity index (χ1v) is 6.60. The van der Waals surface area contributed by atoms with Gasteiger partial charge in [-0.25, -0.2) is 4.98 Å². The molecule has 0 fully saturated rings. The average Bonchev–Trinajstić information content (AvgIpc) is 2.13. The summed E-state index contributed by atoms with van der Waals surface area (Å²) in [6.45, 7) is 0. The zero-order valence-electron chi connectivity index (χ0n) is 7.89. The van der Waals surface area contributed by atoms with Crippen LogP contribution >= 0.6 is 0 Å². The summed E-state index contributed by atoms with van der Waals surface area (Å²) >= 11 is 0. The number of aromatic nitrogens is 1. The smallest absolute Gasteiger partial charge is 0.299 e. The van der Waals surface area contributed by atoms with Crippen molar-refractivity contribution in [3.63, 3.8) is 0 Å². The maximum atomic E-state index is 11.0. The minimum atomic E-state index is -5.06. The number of pyridine rings is 1. The van der Waals surface area contributed by atoms with Gasteiger partial charge in [-0.3, -0.25) is 9.11 Å². The topological polar surface area (TPSA) is 171 Å². The fraction of sp³-hybridized carbons (Fsp3) is 0. The SMILES string of the molecule is N#Cc1cnc(N)c(S(=O)(=O)O)c1S(=O)(=O)O. The van der Waals surface area contributed by atoms with Crippen molar-refractivity contribution in [1.29, 1.82) is 5.26 Å². The lowest BCUT2D eigenvalue weighted by Gasteiger charge is -2.07. The quantitative estimate of drug-likeness (QED) is 0.575. The highest BCUT2D eigenvalue weighted by Crippen LogP contribution is 2.27. The molecule has 0 atom stereocenters. The van der Waals surface area contributed by atoms with Crippen LogP contribution in [0.25, 0.3) is 0 Å². The van der Waals surface area contributed by atoms with Crippen LogP contribution in [0.4, 0.5) is 5.82 Å². The Hall–Kier alpha value is -1.74. The van der Waals surface area contributed by atoms with Gasteiger partial charge in [-0.05, 0) is 0 Å². The van der Waals surface area contributed by atoms with Crippen molar-refractivity contribution >= 4 is 26.1 Å². The van der Waals surface area contributed by atoms with Gasteiger partial charge in [0.1, 0.15) is 16.8 Å². The summed E-state index contributed by atoms with van der Waals surface area (Å²) < 4.78 is 61.5. The molecule has 0 aliphatic rings. The molecule has 4 N–H and O–H groups in total. The molecule has 0 unspecified atom stereocenters. The molecule has 0 radical (unpaired) electrons. The molecule has 11 heteroatoms. The van der Waals surface area contributed by atoms with Gasteiger partial charge < -0.3 is 5.73 Å². The van der Waals surface area contributed by atoms with E-state index in [-0.39, 0.29) is 0 Å². The second-order valence-corrected chi connectivity index (χ2v) is 5.49. The van der Waals surface area contributed by atoms with Gasteiger partial charge >= 0.3 is 0 Å². The summed E-state index contributed by atoms with van der Waals surface area (Å²) in [5.41, 5.74) is 4.34. The minimum absolute atomic E-state index is 0.660. The molecule has 1 aromatic heterocycles. The molecule has 0 saturated carbocycles. The molecule has 1 heterocycles. The van der Waals surface area contributed by atoms with Crippen molar-refractivity contribution < 1.29 is 25.9 Å². The summed E-state index contributed by atoms with van der Waals surface area (Å²) in [4.78, 5) is 0.614. The number of nitriles is 1. The maximum absolute atomic E-state index is 11.0. The van der Waals surface area contributed by atoms with Crippen LogP contribution in [0, 0.1) is 11.3 Å². The van der Waals surface area contributed by atoms with Crippen molar-refractivity contribution in [2.24, 2.45) is 0 Å². The minimum Gasteiger partial charge on any atom is -0.382 e. The number of rotatable bonds is 2. The fourth-order valence-electron chi connectivity index (χ4n) is 1.08. The van der Waals surface area contributed by atoms with Gasteiger partial charge in [-0.2, -0.15) is 22.1 Å². The summed E-state index contributed by atoms with van der Waals surface area (Å²) in [5.74, 6) is -0.848. The second kappa shape index (κ2) is 3.93. The van der Waals surface area contributed by atoms with Gasteiger partial charge in [0.05, 0.1) is 5.56 Å². The van der Waals surface area contributed by atoms with Crippen LogP contribution in [0.1, 0.15) is 5.56 Å². The molecule has 1 rings (SSSR count). The van der Waals surface area contributed by atoms with E-state index >= 15 is 0 Å². The van der Waals surface area contributed by atoms with Crippen LogP contribution in [-0.2, 0) is 20.2 Å². The van der Waals surface area contributed by atoms with Crippen LogP contribution in [0.5, 0.6) is 0 Å². The van der Waals surface area contributed by atoms with E-state index in [1.165, 1.54) is 6.07 Å². The van der Waals surface area contributed by atoms with Crippen molar-refractivity contribution in [3.8, 4) is 6.07 Å². The number of nitrogens with zero attached hydrogens (tertiary/aromatic N) is 2. The zero-order chi connectivity index (χ0) is 13.4. The molecule has 0 spiro atoms. The van der Waals surface area contributed by atoms with E-state index in [2.05, 4.69) is 4.98 Å². The Morgan fingerprint density at radius 1 is 1.18 bits per heavy atom. The van der Waals surface area contributed by atoms with Crippen molar-refractivity contribution in [1.82, 2.24) is 4.98 Å². The number of nitrogens with two attached hydrogens (primary N) is 1. The molecule has 9 nitrogen and oxygen atoms in total. The Balaban J connectivity index is 4.03.